The van der Waals surface area contributed by atoms with Crippen molar-refractivity contribution in [3.8, 4) is 11.1 Å². The third-order valence-corrected chi connectivity index (χ3v) is 21.9. The number of aromatic nitrogens is 4. The Labute approximate surface area is 585 Å². The molecule has 0 bridgehead atoms. The Kier molecular flexibility index (Phi) is 14.0. The summed E-state index contributed by atoms with van der Waals surface area (Å²) in [5, 5.41) is 29.4. The molecule has 1 aliphatic carbocycles. The highest BCUT2D eigenvalue weighted by atomic mass is 15.0. The lowest BCUT2D eigenvalue weighted by molar-refractivity contribution is 1.01. The Morgan fingerprint density at radius 2 is 0.624 bits per heavy atom. The third kappa shape index (κ3) is 9.57. The van der Waals surface area contributed by atoms with Crippen molar-refractivity contribution < 1.29 is 0 Å². The molecule has 22 aromatic rings. The number of hydrogen-bond donors (Lipinski definition) is 0. The first-order chi connectivity index (χ1) is 49.6. The smallest absolute Gasteiger partial charge is 0.0620 e. The van der Waals surface area contributed by atoms with Gasteiger partial charge < -0.3 is 18.1 Å². The van der Waals surface area contributed by atoms with E-state index >= 15 is 0 Å². The number of nitrogens with zero attached hydrogens (tertiary/aromatic N) is 4. The Hall–Kier alpha value is -12.5. The highest BCUT2D eigenvalue weighted by Gasteiger charge is 2.22. The summed E-state index contributed by atoms with van der Waals surface area (Å²) < 4.78 is 9.34. The molecule has 0 fully saturated rings. The van der Waals surface area contributed by atoms with Crippen LogP contribution in [0, 0.1) is 20.8 Å². The molecule has 0 radical (unpaired) electrons. The maximum Gasteiger partial charge on any atom is 0.0620 e. The maximum absolute atomic E-state index is 2.41. The molecule has 4 heteroatoms. The van der Waals surface area contributed by atoms with Crippen LogP contribution in [0.5, 0.6) is 0 Å². The van der Waals surface area contributed by atoms with E-state index in [0.717, 1.165) is 6.42 Å². The van der Waals surface area contributed by atoms with Crippen molar-refractivity contribution in [2.45, 2.75) is 27.2 Å². The van der Waals surface area contributed by atoms with Gasteiger partial charge in [-0.3, -0.25) is 0 Å². The van der Waals surface area contributed by atoms with Gasteiger partial charge in [0.2, 0.25) is 0 Å². The second-order valence-corrected chi connectivity index (χ2v) is 27.9. The Balaban J connectivity index is 0.0000000878. The van der Waals surface area contributed by atoms with Crippen molar-refractivity contribution in [2.24, 2.45) is 21.1 Å². The lowest BCUT2D eigenvalue weighted by Crippen LogP contribution is -1.87. The van der Waals surface area contributed by atoms with Gasteiger partial charge in [0.1, 0.15) is 0 Å². The van der Waals surface area contributed by atoms with E-state index in [0.29, 0.717) is 0 Å². The van der Waals surface area contributed by atoms with E-state index in [1.807, 2.05) is 0 Å². The maximum atomic E-state index is 2.41. The first-order valence-corrected chi connectivity index (χ1v) is 35.3. The van der Waals surface area contributed by atoms with Crippen molar-refractivity contribution in [2.75, 3.05) is 0 Å². The van der Waals surface area contributed by atoms with E-state index < -0.39 is 0 Å². The molecule has 5 heterocycles. The lowest BCUT2D eigenvalue weighted by Gasteiger charge is -2.07. The molecule has 1 aliphatic rings. The molecular weight excluding hydrogens is 1220 g/mol. The van der Waals surface area contributed by atoms with Gasteiger partial charge in [0.15, 0.2) is 0 Å². The van der Waals surface area contributed by atoms with Crippen molar-refractivity contribution in [3.63, 3.8) is 0 Å². The zero-order valence-corrected chi connectivity index (χ0v) is 57.5. The highest BCUT2D eigenvalue weighted by molar-refractivity contribution is 6.29. The van der Waals surface area contributed by atoms with Gasteiger partial charge in [0, 0.05) is 108 Å². The fourth-order valence-corrected chi connectivity index (χ4v) is 17.2. The van der Waals surface area contributed by atoms with Crippen LogP contribution in [0.15, 0.2) is 315 Å². The topological polar surface area (TPSA) is 19.2 Å². The largest absolute Gasteiger partial charge is 0.344 e. The van der Waals surface area contributed by atoms with Crippen LogP contribution in [0.4, 0.5) is 0 Å². The van der Waals surface area contributed by atoms with Crippen LogP contribution in [-0.2, 0) is 27.6 Å². The normalized spacial score (nSPS) is 12.0. The molecule has 0 atom stereocenters. The van der Waals surface area contributed by atoms with Gasteiger partial charge in [-0.25, -0.2) is 0 Å². The Morgan fingerprint density at radius 1 is 0.218 bits per heavy atom. The van der Waals surface area contributed by atoms with Gasteiger partial charge in [-0.2, -0.15) is 0 Å². The van der Waals surface area contributed by atoms with Crippen molar-refractivity contribution >= 4 is 168 Å². The van der Waals surface area contributed by atoms with Crippen LogP contribution < -0.4 is 0 Å². The molecule has 17 aromatic carbocycles. The number of fused-ring (bicyclic) bond motifs is 29. The van der Waals surface area contributed by atoms with Crippen LogP contribution in [0.25, 0.3) is 179 Å². The summed E-state index contributed by atoms with van der Waals surface area (Å²) in [5.74, 6) is 0. The SMILES string of the molecule is Cc1cc2c3ccccc3n3c4ccccc4c(c1)c23.Cc1ccc2c(c1)-c1c(ccc3ccccc13)C2.Cc1ccc2c(c1)c1c3ccccc3ccc1n2C.Cn1c2cc3ccccc3cc2c2ccc3ccccc3c21.Cn1c2ccc3ccccc3c2c2c3ccccc3ccc21. The van der Waals surface area contributed by atoms with Crippen LogP contribution in [0.2, 0.25) is 0 Å². The van der Waals surface area contributed by atoms with Gasteiger partial charge in [-0.15, -0.1) is 0 Å². The fraction of sp³-hybridized carbons (Fsp3) is 0.0722. The van der Waals surface area contributed by atoms with Gasteiger partial charge in [0.25, 0.3) is 0 Å². The van der Waals surface area contributed by atoms with E-state index in [1.165, 1.54) is 207 Å². The molecular formula is C97H72N4. The summed E-state index contributed by atoms with van der Waals surface area (Å²) in [6.07, 6.45) is 1.08. The van der Waals surface area contributed by atoms with Crippen molar-refractivity contribution in [1.29, 1.82) is 0 Å². The zero-order valence-electron chi connectivity index (χ0n) is 57.5. The average molecular weight is 1290 g/mol. The van der Waals surface area contributed by atoms with Crippen molar-refractivity contribution in [3.05, 3.63) is 343 Å². The standard InChI is InChI=1S/2C21H15N.C19H13N.C18H15N.C18H14/c1-22-18-12-10-14-6-2-4-8-16(14)20(18)21-17-9-5-3-7-15(17)11-13-19(21)22;1-22-20-13-16-8-3-2-7-15(16)12-19(20)18-11-10-14-6-4-5-9-17(14)21(18)22;1-12-10-15-13-6-2-4-8-17(13)20-18-9-5-3-7-14(18)16(11-12)19(15)20;1-12-7-9-16-15(11-12)18-14-6-4-3-5-13(14)8-10-17(18)19(16)2;1-12-6-7-14-11-15-9-8-13-4-2-3-5-16(13)18(15)17(14)10-12/h2*2-13H,1H3;2-11H,1H3;3-11H,1-2H3;2-10H,11H2,1H3. The molecule has 4 nitrogen and oxygen atoms in total. The minimum absolute atomic E-state index is 1.08. The lowest BCUT2D eigenvalue weighted by atomic mass is 9.97. The zero-order chi connectivity index (χ0) is 67.7. The predicted octanol–water partition coefficient (Wildman–Crippen LogP) is 25.9. The second kappa shape index (κ2) is 23.6. The number of para-hydroxylation sites is 2. The second-order valence-electron chi connectivity index (χ2n) is 27.9. The van der Waals surface area contributed by atoms with Crippen LogP contribution in [-0.4, -0.2) is 18.1 Å². The molecule has 0 unspecified atom stereocenters. The predicted molar refractivity (Wildman–Crippen MR) is 436 cm³/mol. The monoisotopic (exact) mass is 1290 g/mol. The quantitative estimate of drug-likeness (QED) is 0.144. The molecule has 23 rings (SSSR count). The molecule has 5 aromatic heterocycles. The van der Waals surface area contributed by atoms with E-state index in [2.05, 4.69) is 375 Å². The molecule has 0 saturated heterocycles. The third-order valence-electron chi connectivity index (χ3n) is 21.9. The summed E-state index contributed by atoms with van der Waals surface area (Å²) in [5.41, 5.74) is 21.6. The van der Waals surface area contributed by atoms with Gasteiger partial charge in [0.05, 0.1) is 22.1 Å². The molecule has 101 heavy (non-hydrogen) atoms. The highest BCUT2D eigenvalue weighted by Crippen LogP contribution is 2.44. The van der Waals surface area contributed by atoms with E-state index in [-0.39, 0.29) is 0 Å². The van der Waals surface area contributed by atoms with Gasteiger partial charge >= 0.3 is 0 Å². The van der Waals surface area contributed by atoms with E-state index in [9.17, 15) is 0 Å². The number of benzene rings is 17. The van der Waals surface area contributed by atoms with Gasteiger partial charge in [-0.05, 0) is 181 Å². The number of rotatable bonds is 0. The van der Waals surface area contributed by atoms with Gasteiger partial charge in [-0.1, -0.05) is 260 Å². The van der Waals surface area contributed by atoms with Crippen LogP contribution in [0.1, 0.15) is 27.8 Å². The number of hydrogen-bond acceptors (Lipinski definition) is 0. The molecule has 480 valence electrons. The Morgan fingerprint density at radius 3 is 1.22 bits per heavy atom. The minimum atomic E-state index is 1.08. The summed E-state index contributed by atoms with van der Waals surface area (Å²) in [6.45, 7) is 6.51. The average Bonchev–Trinajstić information content (AvgIpc) is 1.56. The molecule has 0 saturated carbocycles. The molecule has 0 spiro atoms. The van der Waals surface area contributed by atoms with Crippen LogP contribution >= 0.6 is 0 Å². The Bertz CT molecular complexity index is 6950. The summed E-state index contributed by atoms with van der Waals surface area (Å²) >= 11 is 0. The van der Waals surface area contributed by atoms with Crippen LogP contribution in [0.3, 0.4) is 0 Å². The number of aryl methyl sites for hydroxylation is 6. The first-order valence-electron chi connectivity index (χ1n) is 35.3. The van der Waals surface area contributed by atoms with E-state index in [1.54, 1.807) is 0 Å². The van der Waals surface area contributed by atoms with E-state index in [4.69, 9.17) is 0 Å². The summed E-state index contributed by atoms with van der Waals surface area (Å²) in [4.78, 5) is 0. The summed E-state index contributed by atoms with van der Waals surface area (Å²) in [7, 11) is 6.48. The first kappa shape index (κ1) is 59.7. The summed E-state index contributed by atoms with van der Waals surface area (Å²) in [6, 6.07) is 114. The molecule has 0 N–H and O–H groups in total. The van der Waals surface area contributed by atoms with Crippen molar-refractivity contribution in [1.82, 2.24) is 18.1 Å². The molecule has 0 amide bonds. The minimum Gasteiger partial charge on any atom is -0.344 e. The molecule has 0 aliphatic heterocycles. The fourth-order valence-electron chi connectivity index (χ4n) is 17.2.